The smallest absolute Gasteiger partial charge is 0.311 e. The Hall–Kier alpha value is -1.49. The molecule has 2 aliphatic rings. The third-order valence-electron chi connectivity index (χ3n) is 5.31. The van der Waals surface area contributed by atoms with Crippen LogP contribution in [-0.2, 0) is 24.8 Å². The molecule has 1 aliphatic carbocycles. The summed E-state index contributed by atoms with van der Waals surface area (Å²) >= 11 is 0. The van der Waals surface area contributed by atoms with Gasteiger partial charge in [0.15, 0.2) is 0 Å². The number of nitrogens with one attached hydrogen (secondary N) is 1. The van der Waals surface area contributed by atoms with Crippen molar-refractivity contribution in [3.05, 3.63) is 24.3 Å². The molecule has 1 heterocycles. The zero-order valence-corrected chi connectivity index (χ0v) is 15.3. The fraction of sp³-hybridized carbons (Fsp3) is 0.533. The molecule has 1 saturated carbocycles. The molecule has 0 unspecified atom stereocenters. The van der Waals surface area contributed by atoms with Crippen LogP contribution >= 0.6 is 0 Å². The summed E-state index contributed by atoms with van der Waals surface area (Å²) in [7, 11) is -6.24. The van der Waals surface area contributed by atoms with Crippen molar-refractivity contribution in [1.82, 2.24) is 9.03 Å². The van der Waals surface area contributed by atoms with E-state index < -0.39 is 31.4 Å². The van der Waals surface area contributed by atoms with E-state index in [1.807, 2.05) is 0 Å². The highest BCUT2D eigenvalue weighted by atomic mass is 32.2. The minimum absolute atomic E-state index is 0.0331. The van der Waals surface area contributed by atoms with E-state index in [1.54, 1.807) is 0 Å². The maximum absolute atomic E-state index is 12.8. The molecule has 10 heteroatoms. The lowest BCUT2D eigenvalue weighted by atomic mass is 9.81. The SMILES string of the molecule is CNS(=O)(=O)c1ccc(S(=O)(=O)N2C[C@@H]3CCC[C@@]3(C(=O)O)C2)cc1. The summed E-state index contributed by atoms with van der Waals surface area (Å²) < 4.78 is 52.5. The molecule has 25 heavy (non-hydrogen) atoms. The molecular formula is C15H20N2O6S2. The highest BCUT2D eigenvalue weighted by Crippen LogP contribution is 2.50. The van der Waals surface area contributed by atoms with Crippen molar-refractivity contribution in [2.45, 2.75) is 29.1 Å². The monoisotopic (exact) mass is 388 g/mol. The van der Waals surface area contributed by atoms with Gasteiger partial charge in [0.05, 0.1) is 15.2 Å². The number of carboxylic acid groups (broad SMARTS) is 1. The molecule has 2 fully saturated rings. The van der Waals surface area contributed by atoms with E-state index in [2.05, 4.69) is 4.72 Å². The molecule has 0 amide bonds. The van der Waals surface area contributed by atoms with Gasteiger partial charge in [-0.1, -0.05) is 6.42 Å². The Bertz CT molecular complexity index is 894. The van der Waals surface area contributed by atoms with Gasteiger partial charge in [0, 0.05) is 13.1 Å². The van der Waals surface area contributed by atoms with Crippen molar-refractivity contribution in [2.75, 3.05) is 20.1 Å². The largest absolute Gasteiger partial charge is 0.481 e. The second kappa shape index (κ2) is 6.04. The zero-order chi connectivity index (χ0) is 18.5. The molecule has 1 aromatic rings. The number of benzene rings is 1. The number of rotatable bonds is 5. The molecule has 0 radical (unpaired) electrons. The van der Waals surface area contributed by atoms with E-state index in [0.29, 0.717) is 12.8 Å². The quantitative estimate of drug-likeness (QED) is 0.756. The normalized spacial score (nSPS) is 27.3. The third kappa shape index (κ3) is 2.86. The van der Waals surface area contributed by atoms with Gasteiger partial charge in [-0.15, -0.1) is 0 Å². The minimum atomic E-state index is -3.87. The first-order valence-electron chi connectivity index (χ1n) is 7.91. The lowest BCUT2D eigenvalue weighted by Gasteiger charge is -2.23. The maximum Gasteiger partial charge on any atom is 0.311 e. The standard InChI is InChI=1S/C15H20N2O6S2/c1-16-24(20,21)12-4-6-13(7-5-12)25(22,23)17-9-11-3-2-8-15(11,10-17)14(18)19/h4-7,11,16H,2-3,8-10H2,1H3,(H,18,19)/t11-,15+/m0/s1. The lowest BCUT2D eigenvalue weighted by Crippen LogP contribution is -2.37. The molecule has 2 N–H and O–H groups in total. The summed E-state index contributed by atoms with van der Waals surface area (Å²) in [6.07, 6.45) is 1.98. The summed E-state index contributed by atoms with van der Waals surface area (Å²) in [4.78, 5) is 11.6. The van der Waals surface area contributed by atoms with Crippen LogP contribution in [0.3, 0.4) is 0 Å². The highest BCUT2D eigenvalue weighted by molar-refractivity contribution is 7.89. The molecule has 0 bridgehead atoms. The first kappa shape index (κ1) is 18.3. The average molecular weight is 388 g/mol. The fourth-order valence-electron chi connectivity index (χ4n) is 3.83. The summed E-state index contributed by atoms with van der Waals surface area (Å²) in [5.41, 5.74) is -0.998. The Morgan fingerprint density at radius 2 is 1.80 bits per heavy atom. The number of hydrogen-bond donors (Lipinski definition) is 2. The van der Waals surface area contributed by atoms with Crippen LogP contribution in [0.25, 0.3) is 0 Å². The molecule has 138 valence electrons. The van der Waals surface area contributed by atoms with Crippen LogP contribution in [0, 0.1) is 11.3 Å². The van der Waals surface area contributed by atoms with Crippen LogP contribution < -0.4 is 4.72 Å². The van der Waals surface area contributed by atoms with Crippen molar-refractivity contribution in [3.8, 4) is 0 Å². The van der Waals surface area contributed by atoms with Crippen LogP contribution in [0.15, 0.2) is 34.1 Å². The lowest BCUT2D eigenvalue weighted by molar-refractivity contribution is -0.149. The number of fused-ring (bicyclic) bond motifs is 1. The van der Waals surface area contributed by atoms with Gasteiger partial charge in [0.25, 0.3) is 0 Å². The van der Waals surface area contributed by atoms with E-state index in [1.165, 1.54) is 35.6 Å². The minimum Gasteiger partial charge on any atom is -0.481 e. The molecule has 1 aliphatic heterocycles. The first-order chi connectivity index (χ1) is 11.6. The van der Waals surface area contributed by atoms with Crippen molar-refractivity contribution in [1.29, 1.82) is 0 Å². The number of aliphatic carboxylic acids is 1. The second-order valence-electron chi connectivity index (χ2n) is 6.53. The number of carbonyl (C=O) groups is 1. The van der Waals surface area contributed by atoms with Gasteiger partial charge in [-0.3, -0.25) is 4.79 Å². The van der Waals surface area contributed by atoms with Crippen molar-refractivity contribution in [2.24, 2.45) is 11.3 Å². The van der Waals surface area contributed by atoms with Crippen molar-refractivity contribution in [3.63, 3.8) is 0 Å². The van der Waals surface area contributed by atoms with Crippen LogP contribution in [0.2, 0.25) is 0 Å². The predicted octanol–water partition coefficient (Wildman–Crippen LogP) is 0.470. The second-order valence-corrected chi connectivity index (χ2v) is 10.4. The highest BCUT2D eigenvalue weighted by Gasteiger charge is 2.57. The molecule has 8 nitrogen and oxygen atoms in total. The van der Waals surface area contributed by atoms with Gasteiger partial charge in [-0.05, 0) is 50.1 Å². The fourth-order valence-corrected chi connectivity index (χ4v) is 6.12. The topological polar surface area (TPSA) is 121 Å². The Kier molecular flexibility index (Phi) is 4.43. The van der Waals surface area contributed by atoms with Gasteiger partial charge in [-0.2, -0.15) is 4.31 Å². The maximum atomic E-state index is 12.8. The third-order valence-corrected chi connectivity index (χ3v) is 8.56. The summed E-state index contributed by atoms with van der Waals surface area (Å²) in [6, 6.07) is 4.92. The van der Waals surface area contributed by atoms with E-state index in [9.17, 15) is 26.7 Å². The Balaban J connectivity index is 1.89. The number of carboxylic acids is 1. The zero-order valence-electron chi connectivity index (χ0n) is 13.7. The molecule has 0 aromatic heterocycles. The van der Waals surface area contributed by atoms with E-state index in [0.717, 1.165) is 6.42 Å². The Labute approximate surface area is 146 Å². The van der Waals surface area contributed by atoms with Gasteiger partial charge >= 0.3 is 5.97 Å². The van der Waals surface area contributed by atoms with E-state index in [4.69, 9.17) is 0 Å². The van der Waals surface area contributed by atoms with Crippen molar-refractivity contribution >= 4 is 26.0 Å². The van der Waals surface area contributed by atoms with Crippen LogP contribution in [0.5, 0.6) is 0 Å². The van der Waals surface area contributed by atoms with Crippen LogP contribution in [-0.4, -0.2) is 52.4 Å². The van der Waals surface area contributed by atoms with Crippen molar-refractivity contribution < 1.29 is 26.7 Å². The summed E-state index contributed by atoms with van der Waals surface area (Å²) in [6.45, 7) is 0.150. The van der Waals surface area contributed by atoms with Crippen LogP contribution in [0.4, 0.5) is 0 Å². The van der Waals surface area contributed by atoms with E-state index in [-0.39, 0.29) is 28.8 Å². The summed E-state index contributed by atoms with van der Waals surface area (Å²) in [5.74, 6) is -1.12. The van der Waals surface area contributed by atoms with Gasteiger partial charge in [0.2, 0.25) is 20.0 Å². The van der Waals surface area contributed by atoms with Gasteiger partial charge in [-0.25, -0.2) is 21.6 Å². The number of hydrogen-bond acceptors (Lipinski definition) is 5. The molecule has 0 spiro atoms. The summed E-state index contributed by atoms with van der Waals surface area (Å²) in [5, 5.41) is 9.59. The van der Waals surface area contributed by atoms with E-state index >= 15 is 0 Å². The Morgan fingerprint density at radius 3 is 2.32 bits per heavy atom. The van der Waals surface area contributed by atoms with Gasteiger partial charge < -0.3 is 5.11 Å². The number of nitrogens with zero attached hydrogens (tertiary/aromatic N) is 1. The van der Waals surface area contributed by atoms with Crippen LogP contribution in [0.1, 0.15) is 19.3 Å². The average Bonchev–Trinajstić information content (AvgIpc) is 3.13. The molecular weight excluding hydrogens is 368 g/mol. The molecule has 3 rings (SSSR count). The molecule has 2 atom stereocenters. The molecule has 1 aromatic carbocycles. The predicted molar refractivity (Wildman–Crippen MR) is 88.9 cm³/mol. The number of sulfonamides is 2. The van der Waals surface area contributed by atoms with Gasteiger partial charge in [0.1, 0.15) is 0 Å². The Morgan fingerprint density at radius 1 is 1.20 bits per heavy atom. The molecule has 1 saturated heterocycles. The first-order valence-corrected chi connectivity index (χ1v) is 10.8.